The Hall–Kier alpha value is -2.32. The van der Waals surface area contributed by atoms with Crippen LogP contribution >= 0.6 is 11.8 Å². The van der Waals surface area contributed by atoms with Crippen LogP contribution in [0.3, 0.4) is 0 Å². The van der Waals surface area contributed by atoms with Gasteiger partial charge in [-0.25, -0.2) is 4.79 Å². The van der Waals surface area contributed by atoms with Gasteiger partial charge in [0.05, 0.1) is 11.4 Å². The minimum absolute atomic E-state index is 0.00695. The third kappa shape index (κ3) is 6.71. The van der Waals surface area contributed by atoms with E-state index in [1.165, 1.54) is 6.92 Å². The molecule has 36 heavy (non-hydrogen) atoms. The lowest BCUT2D eigenvalue weighted by Gasteiger charge is -2.39. The van der Waals surface area contributed by atoms with E-state index >= 15 is 0 Å². The van der Waals surface area contributed by atoms with Gasteiger partial charge in [-0.1, -0.05) is 71.0 Å². The number of carboxylic acids is 1. The summed E-state index contributed by atoms with van der Waals surface area (Å²) in [4.78, 5) is 42.6. The fraction of sp³-hybridized carbons (Fsp3) is 0.607. The Kier molecular flexibility index (Phi) is 9.46. The second-order valence-corrected chi connectivity index (χ2v) is 13.4. The fourth-order valence-corrected chi connectivity index (χ4v) is 6.34. The number of nitrogens with zero attached hydrogens (tertiary/aromatic N) is 2. The first-order valence-electron chi connectivity index (χ1n) is 12.4. The number of likely N-dealkylation sites (N-methyl/N-ethyl adjacent to an activating group) is 2. The van der Waals surface area contributed by atoms with Crippen LogP contribution in [-0.2, 0) is 14.4 Å². The normalized spacial score (nSPS) is 22.2. The molecule has 0 saturated carbocycles. The van der Waals surface area contributed by atoms with Crippen LogP contribution in [-0.4, -0.2) is 69.7 Å². The Labute approximate surface area is 220 Å². The lowest BCUT2D eigenvalue weighted by atomic mass is 9.84. The molecule has 0 spiro atoms. The summed E-state index contributed by atoms with van der Waals surface area (Å²) < 4.78 is -0.376. The summed E-state index contributed by atoms with van der Waals surface area (Å²) in [5, 5.41) is 12.5. The van der Waals surface area contributed by atoms with Crippen molar-refractivity contribution >= 4 is 29.5 Å². The summed E-state index contributed by atoms with van der Waals surface area (Å²) in [6.45, 7) is 15.3. The zero-order valence-corrected chi connectivity index (χ0v) is 24.1. The molecule has 0 aliphatic carbocycles. The zero-order valence-electron chi connectivity index (χ0n) is 23.3. The third-order valence-electron chi connectivity index (χ3n) is 6.82. The highest BCUT2D eigenvalue weighted by atomic mass is 32.2. The summed E-state index contributed by atoms with van der Waals surface area (Å²) >= 11 is 1.74. The Morgan fingerprint density at radius 2 is 1.72 bits per heavy atom. The van der Waals surface area contributed by atoms with Crippen molar-refractivity contribution < 1.29 is 19.5 Å². The van der Waals surface area contributed by atoms with Crippen molar-refractivity contribution in [1.29, 1.82) is 0 Å². The minimum Gasteiger partial charge on any atom is -0.478 e. The average molecular weight is 518 g/mol. The number of nitrogens with one attached hydrogen (secondary N) is 1. The van der Waals surface area contributed by atoms with Crippen LogP contribution in [0.4, 0.5) is 0 Å². The van der Waals surface area contributed by atoms with E-state index in [1.54, 1.807) is 29.8 Å². The number of aliphatic carboxylic acids is 1. The summed E-state index contributed by atoms with van der Waals surface area (Å²) in [5.74, 6) is -1.45. The van der Waals surface area contributed by atoms with Crippen molar-refractivity contribution in [3.8, 4) is 0 Å². The van der Waals surface area contributed by atoms with Gasteiger partial charge in [0.1, 0.15) is 12.1 Å². The number of amides is 2. The maximum absolute atomic E-state index is 13.8. The SMILES string of the molecule is C/C(=C\[C@H](C(C)C)N(C)C(=O)C(NC(=O)C1N(C)[C@H](c2ccccc2)SC1(C)C)C(C)(C)C)C(=O)O. The van der Waals surface area contributed by atoms with Crippen molar-refractivity contribution in [2.75, 3.05) is 14.1 Å². The summed E-state index contributed by atoms with van der Waals surface area (Å²) in [7, 11) is 3.63. The predicted octanol–water partition coefficient (Wildman–Crippen LogP) is 4.56. The first-order valence-corrected chi connectivity index (χ1v) is 13.3. The number of carbonyl (C=O) groups excluding carboxylic acids is 2. The number of hydrogen-bond donors (Lipinski definition) is 2. The van der Waals surface area contributed by atoms with Gasteiger partial charge in [-0.15, -0.1) is 11.8 Å². The maximum atomic E-state index is 13.8. The monoisotopic (exact) mass is 517 g/mol. The molecule has 1 saturated heterocycles. The standard InChI is InChI=1S/C28H43N3O4S/c1-17(2)20(16-18(3)26(34)35)30(9)24(33)21(27(4,5)6)29-23(32)22-28(7,8)36-25(31(22)10)19-14-12-11-13-15-19/h11-17,20-22,25H,1-10H3,(H,29,32)(H,34,35)/b18-16+/t20-,21?,22?,25+/m1/s1. The van der Waals surface area contributed by atoms with E-state index in [2.05, 4.69) is 36.2 Å². The zero-order chi connectivity index (χ0) is 27.6. The Balaban J connectivity index is 2.34. The topological polar surface area (TPSA) is 90.0 Å². The van der Waals surface area contributed by atoms with E-state index in [4.69, 9.17) is 0 Å². The smallest absolute Gasteiger partial charge is 0.331 e. The molecule has 200 valence electrons. The van der Waals surface area contributed by atoms with Crippen LogP contribution in [0.1, 0.15) is 66.3 Å². The number of thioether (sulfide) groups is 1. The molecule has 0 aromatic heterocycles. The Bertz CT molecular complexity index is 984. The van der Waals surface area contributed by atoms with Gasteiger partial charge in [0.2, 0.25) is 11.8 Å². The number of benzene rings is 1. The molecule has 2 rings (SSSR count). The molecular weight excluding hydrogens is 474 g/mol. The molecule has 2 unspecified atom stereocenters. The molecule has 4 atom stereocenters. The fourth-order valence-electron chi connectivity index (χ4n) is 4.78. The van der Waals surface area contributed by atoms with Gasteiger partial charge in [0.25, 0.3) is 0 Å². The van der Waals surface area contributed by atoms with Crippen LogP contribution in [0.2, 0.25) is 0 Å². The van der Waals surface area contributed by atoms with Crippen molar-refractivity contribution in [1.82, 2.24) is 15.1 Å². The highest BCUT2D eigenvalue weighted by Crippen LogP contribution is 2.51. The van der Waals surface area contributed by atoms with E-state index in [1.807, 2.05) is 59.9 Å². The summed E-state index contributed by atoms with van der Waals surface area (Å²) in [5.41, 5.74) is 0.765. The molecule has 8 heteroatoms. The van der Waals surface area contributed by atoms with Crippen LogP contribution in [0.15, 0.2) is 42.0 Å². The highest BCUT2D eigenvalue weighted by molar-refractivity contribution is 8.01. The van der Waals surface area contributed by atoms with Crippen molar-refractivity contribution in [3.05, 3.63) is 47.5 Å². The molecule has 2 amide bonds. The predicted molar refractivity (Wildman–Crippen MR) is 147 cm³/mol. The summed E-state index contributed by atoms with van der Waals surface area (Å²) in [6.07, 6.45) is 1.61. The van der Waals surface area contributed by atoms with Crippen molar-refractivity contribution in [3.63, 3.8) is 0 Å². The van der Waals surface area contributed by atoms with Gasteiger partial charge in [0.15, 0.2) is 0 Å². The van der Waals surface area contributed by atoms with E-state index in [-0.39, 0.29) is 33.4 Å². The molecule has 1 aliphatic rings. The lowest BCUT2D eigenvalue weighted by molar-refractivity contribution is -0.141. The molecular formula is C28H43N3O4S. The molecule has 1 aromatic carbocycles. The quantitative estimate of drug-likeness (QED) is 0.492. The van der Waals surface area contributed by atoms with Crippen LogP contribution in [0.25, 0.3) is 0 Å². The molecule has 7 nitrogen and oxygen atoms in total. The third-order valence-corrected chi connectivity index (χ3v) is 8.48. The first kappa shape index (κ1) is 29.9. The second kappa shape index (κ2) is 11.4. The van der Waals surface area contributed by atoms with Gasteiger partial charge in [0, 0.05) is 17.4 Å². The largest absolute Gasteiger partial charge is 0.478 e. The van der Waals surface area contributed by atoms with E-state index < -0.39 is 29.5 Å². The van der Waals surface area contributed by atoms with Gasteiger partial charge >= 0.3 is 5.97 Å². The van der Waals surface area contributed by atoms with Crippen LogP contribution < -0.4 is 5.32 Å². The van der Waals surface area contributed by atoms with Crippen LogP contribution in [0, 0.1) is 11.3 Å². The summed E-state index contributed by atoms with van der Waals surface area (Å²) in [6, 6.07) is 8.48. The lowest BCUT2D eigenvalue weighted by Crippen LogP contribution is -2.60. The van der Waals surface area contributed by atoms with Gasteiger partial charge in [-0.3, -0.25) is 14.5 Å². The van der Waals surface area contributed by atoms with Crippen LogP contribution in [0.5, 0.6) is 0 Å². The molecule has 1 fully saturated rings. The highest BCUT2D eigenvalue weighted by Gasteiger charge is 2.51. The minimum atomic E-state index is -1.01. The molecule has 0 bridgehead atoms. The number of rotatable bonds is 8. The number of carbonyl (C=O) groups is 3. The molecule has 0 radical (unpaired) electrons. The first-order chi connectivity index (χ1) is 16.5. The van der Waals surface area contributed by atoms with Gasteiger partial charge in [-0.2, -0.15) is 0 Å². The molecule has 1 aliphatic heterocycles. The van der Waals surface area contributed by atoms with E-state index in [9.17, 15) is 19.5 Å². The molecule has 2 N–H and O–H groups in total. The van der Waals surface area contributed by atoms with Crippen molar-refractivity contribution in [2.24, 2.45) is 11.3 Å². The van der Waals surface area contributed by atoms with Crippen molar-refractivity contribution in [2.45, 2.75) is 83.6 Å². The Morgan fingerprint density at radius 3 is 2.19 bits per heavy atom. The van der Waals surface area contributed by atoms with E-state index in [0.717, 1.165) is 5.56 Å². The molecule has 1 aromatic rings. The van der Waals surface area contributed by atoms with Gasteiger partial charge < -0.3 is 15.3 Å². The number of hydrogen-bond acceptors (Lipinski definition) is 5. The average Bonchev–Trinajstić information content (AvgIpc) is 3.02. The number of carboxylic acid groups (broad SMARTS) is 1. The maximum Gasteiger partial charge on any atom is 0.331 e. The van der Waals surface area contributed by atoms with Gasteiger partial charge in [-0.05, 0) is 44.7 Å². The van der Waals surface area contributed by atoms with E-state index in [0.29, 0.717) is 0 Å². The Morgan fingerprint density at radius 1 is 1.17 bits per heavy atom. The molecule has 1 heterocycles. The second-order valence-electron chi connectivity index (χ2n) is 11.7.